The van der Waals surface area contributed by atoms with Crippen molar-refractivity contribution in [3.8, 4) is 5.75 Å². The predicted molar refractivity (Wildman–Crippen MR) is 119 cm³/mol. The van der Waals surface area contributed by atoms with E-state index >= 15 is 0 Å². The third kappa shape index (κ3) is 6.97. The van der Waals surface area contributed by atoms with Crippen LogP contribution >= 0.6 is 0 Å². The first kappa shape index (κ1) is 24.7. The van der Waals surface area contributed by atoms with Gasteiger partial charge in [0.15, 0.2) is 0 Å². The number of nitrogens with one attached hydrogen (secondary N) is 1. The zero-order chi connectivity index (χ0) is 23.0. The van der Waals surface area contributed by atoms with Crippen molar-refractivity contribution >= 4 is 17.8 Å². The Hall–Kier alpha value is -2.57. The SMILES string of the molecule is CCCOC(=O)CC1C(=O)NCCN1C(=O)C(C)(C)CCCOc1cc(C)ccc1C. The Bertz CT molecular complexity index is 790. The molecule has 0 aliphatic carbocycles. The van der Waals surface area contributed by atoms with Crippen LogP contribution in [-0.2, 0) is 19.1 Å². The number of benzene rings is 1. The number of carbonyl (C=O) groups excluding carboxylic acids is 3. The second kappa shape index (κ2) is 11.2. The lowest BCUT2D eigenvalue weighted by atomic mass is 9.85. The summed E-state index contributed by atoms with van der Waals surface area (Å²) >= 11 is 0. The molecule has 172 valence electrons. The quantitative estimate of drug-likeness (QED) is 0.453. The van der Waals surface area contributed by atoms with Crippen LogP contribution in [0, 0.1) is 19.3 Å². The molecule has 0 spiro atoms. The monoisotopic (exact) mass is 432 g/mol. The standard InChI is InChI=1S/C24H36N2O5/c1-6-13-31-21(27)16-19-22(28)25-11-12-26(19)23(29)24(4,5)10-7-14-30-20-15-17(2)8-9-18(20)3/h8-9,15,19H,6-7,10-14,16H2,1-5H3,(H,25,28). The van der Waals surface area contributed by atoms with Crippen LogP contribution in [0.3, 0.4) is 0 Å². The van der Waals surface area contributed by atoms with Gasteiger partial charge in [-0.25, -0.2) is 0 Å². The van der Waals surface area contributed by atoms with E-state index in [-0.39, 0.29) is 18.2 Å². The fraction of sp³-hybridized carbons (Fsp3) is 0.625. The highest BCUT2D eigenvalue weighted by atomic mass is 16.5. The van der Waals surface area contributed by atoms with E-state index in [4.69, 9.17) is 9.47 Å². The highest BCUT2D eigenvalue weighted by molar-refractivity contribution is 5.93. The number of carbonyl (C=O) groups is 3. The average molecular weight is 433 g/mol. The predicted octanol–water partition coefficient (Wildman–Crippen LogP) is 3.16. The van der Waals surface area contributed by atoms with Crippen LogP contribution in [0.1, 0.15) is 57.6 Å². The van der Waals surface area contributed by atoms with E-state index in [1.807, 2.05) is 52.8 Å². The Morgan fingerprint density at radius 3 is 2.68 bits per heavy atom. The topological polar surface area (TPSA) is 84.9 Å². The third-order valence-electron chi connectivity index (χ3n) is 5.55. The second-order valence-corrected chi connectivity index (χ2v) is 8.83. The Labute approximate surface area is 185 Å². The molecule has 1 aliphatic rings. The summed E-state index contributed by atoms with van der Waals surface area (Å²) in [5, 5.41) is 2.75. The molecule has 0 aromatic heterocycles. The summed E-state index contributed by atoms with van der Waals surface area (Å²) in [4.78, 5) is 39.3. The number of nitrogens with zero attached hydrogens (tertiary/aromatic N) is 1. The van der Waals surface area contributed by atoms with Gasteiger partial charge in [-0.1, -0.05) is 32.9 Å². The van der Waals surface area contributed by atoms with Crippen LogP contribution in [0.2, 0.25) is 0 Å². The third-order valence-corrected chi connectivity index (χ3v) is 5.55. The number of rotatable bonds is 10. The summed E-state index contributed by atoms with van der Waals surface area (Å²) < 4.78 is 11.0. The number of aryl methyl sites for hydroxylation is 2. The zero-order valence-electron chi connectivity index (χ0n) is 19.5. The minimum Gasteiger partial charge on any atom is -0.493 e. The maximum Gasteiger partial charge on any atom is 0.308 e. The molecule has 1 N–H and O–H groups in total. The largest absolute Gasteiger partial charge is 0.493 e. The van der Waals surface area contributed by atoms with Crippen molar-refractivity contribution in [2.75, 3.05) is 26.3 Å². The van der Waals surface area contributed by atoms with Gasteiger partial charge in [0.05, 0.1) is 19.6 Å². The Morgan fingerprint density at radius 2 is 1.97 bits per heavy atom. The van der Waals surface area contributed by atoms with Gasteiger partial charge < -0.3 is 19.7 Å². The maximum absolute atomic E-state index is 13.3. The molecule has 1 aromatic rings. The fourth-order valence-corrected chi connectivity index (χ4v) is 3.65. The number of piperazine rings is 1. The van der Waals surface area contributed by atoms with E-state index in [0.717, 1.165) is 16.9 Å². The van der Waals surface area contributed by atoms with E-state index in [1.165, 1.54) is 4.90 Å². The molecule has 1 atom stereocenters. The molecular weight excluding hydrogens is 396 g/mol. The van der Waals surface area contributed by atoms with Crippen molar-refractivity contribution in [3.63, 3.8) is 0 Å². The molecular formula is C24H36N2O5. The summed E-state index contributed by atoms with van der Waals surface area (Å²) in [5.74, 6) is -0.0200. The van der Waals surface area contributed by atoms with Crippen molar-refractivity contribution < 1.29 is 23.9 Å². The van der Waals surface area contributed by atoms with E-state index in [2.05, 4.69) is 5.32 Å². The lowest BCUT2D eigenvalue weighted by molar-refractivity contribution is -0.155. The molecule has 1 fully saturated rings. The zero-order valence-corrected chi connectivity index (χ0v) is 19.5. The molecule has 1 unspecified atom stereocenters. The van der Waals surface area contributed by atoms with E-state index in [0.29, 0.717) is 45.6 Å². The Balaban J connectivity index is 1.95. The summed E-state index contributed by atoms with van der Waals surface area (Å²) in [6, 6.07) is 5.27. The number of hydrogen-bond acceptors (Lipinski definition) is 5. The van der Waals surface area contributed by atoms with Crippen LogP contribution in [0.5, 0.6) is 5.75 Å². The van der Waals surface area contributed by atoms with Crippen molar-refractivity contribution in [1.29, 1.82) is 0 Å². The molecule has 1 aromatic carbocycles. The van der Waals surface area contributed by atoms with Crippen LogP contribution < -0.4 is 10.1 Å². The lowest BCUT2D eigenvalue weighted by Gasteiger charge is -2.39. The molecule has 1 aliphatic heterocycles. The van der Waals surface area contributed by atoms with Crippen molar-refractivity contribution in [2.45, 2.75) is 66.3 Å². The molecule has 0 bridgehead atoms. The minimum atomic E-state index is -0.823. The van der Waals surface area contributed by atoms with Crippen LogP contribution in [0.4, 0.5) is 0 Å². The molecule has 0 radical (unpaired) electrons. The fourth-order valence-electron chi connectivity index (χ4n) is 3.65. The van der Waals surface area contributed by atoms with Gasteiger partial charge in [-0.15, -0.1) is 0 Å². The summed E-state index contributed by atoms with van der Waals surface area (Å²) in [5.41, 5.74) is 1.55. The molecule has 1 heterocycles. The van der Waals surface area contributed by atoms with Crippen LogP contribution in [0.15, 0.2) is 18.2 Å². The van der Waals surface area contributed by atoms with Gasteiger partial charge in [0.2, 0.25) is 11.8 Å². The first-order valence-corrected chi connectivity index (χ1v) is 11.1. The van der Waals surface area contributed by atoms with Gasteiger partial charge in [-0.05, 0) is 50.3 Å². The van der Waals surface area contributed by atoms with E-state index < -0.39 is 17.4 Å². The number of amides is 2. The van der Waals surface area contributed by atoms with Gasteiger partial charge >= 0.3 is 5.97 Å². The normalized spacial score (nSPS) is 16.6. The smallest absolute Gasteiger partial charge is 0.308 e. The summed E-state index contributed by atoms with van der Waals surface area (Å²) in [6.07, 6.45) is 1.91. The van der Waals surface area contributed by atoms with Crippen molar-refractivity contribution in [1.82, 2.24) is 10.2 Å². The first-order valence-electron chi connectivity index (χ1n) is 11.1. The number of hydrogen-bond donors (Lipinski definition) is 1. The molecule has 31 heavy (non-hydrogen) atoms. The van der Waals surface area contributed by atoms with E-state index in [9.17, 15) is 14.4 Å². The van der Waals surface area contributed by atoms with Crippen molar-refractivity contribution in [3.05, 3.63) is 29.3 Å². The number of ether oxygens (including phenoxy) is 2. The molecule has 1 saturated heterocycles. The van der Waals surface area contributed by atoms with Gasteiger partial charge in [0.25, 0.3) is 0 Å². The summed E-state index contributed by atoms with van der Waals surface area (Å²) in [6.45, 7) is 11.3. The lowest BCUT2D eigenvalue weighted by Crippen LogP contribution is -2.60. The maximum atomic E-state index is 13.3. The van der Waals surface area contributed by atoms with Gasteiger partial charge in [0, 0.05) is 18.5 Å². The van der Waals surface area contributed by atoms with Crippen molar-refractivity contribution in [2.24, 2.45) is 5.41 Å². The molecule has 0 saturated carbocycles. The molecule has 7 heteroatoms. The average Bonchev–Trinajstić information content (AvgIpc) is 2.73. The number of esters is 1. The van der Waals surface area contributed by atoms with Gasteiger partial charge in [0.1, 0.15) is 11.8 Å². The Morgan fingerprint density at radius 1 is 1.23 bits per heavy atom. The van der Waals surface area contributed by atoms with E-state index in [1.54, 1.807) is 0 Å². The Kier molecular flexibility index (Phi) is 8.89. The molecule has 2 amide bonds. The second-order valence-electron chi connectivity index (χ2n) is 8.83. The highest BCUT2D eigenvalue weighted by Crippen LogP contribution is 2.28. The summed E-state index contributed by atoms with van der Waals surface area (Å²) in [7, 11) is 0. The first-order chi connectivity index (χ1) is 14.7. The van der Waals surface area contributed by atoms with Gasteiger partial charge in [-0.3, -0.25) is 14.4 Å². The van der Waals surface area contributed by atoms with Gasteiger partial charge in [-0.2, -0.15) is 0 Å². The molecule has 7 nitrogen and oxygen atoms in total. The minimum absolute atomic E-state index is 0.122. The molecule has 2 rings (SSSR count). The van der Waals surface area contributed by atoms with Crippen LogP contribution in [0.25, 0.3) is 0 Å². The highest BCUT2D eigenvalue weighted by Gasteiger charge is 2.40. The van der Waals surface area contributed by atoms with Crippen LogP contribution in [-0.4, -0.2) is 55.0 Å².